The average Bonchev–Trinajstić information content (AvgIpc) is 3.50. The molecule has 0 amide bonds. The van der Waals surface area contributed by atoms with Gasteiger partial charge in [-0.05, 0) is 63.9 Å². The molecule has 4 nitrogen and oxygen atoms in total. The number of nitrogens with zero attached hydrogens (tertiary/aromatic N) is 4. The maximum Gasteiger partial charge on any atom is 0.416 e. The van der Waals surface area contributed by atoms with E-state index >= 15 is 0 Å². The van der Waals surface area contributed by atoms with Crippen LogP contribution in [0.1, 0.15) is 66.5 Å². The van der Waals surface area contributed by atoms with Crippen LogP contribution in [0, 0.1) is 0 Å². The highest BCUT2D eigenvalue weighted by Gasteiger charge is 2.32. The van der Waals surface area contributed by atoms with Crippen molar-refractivity contribution in [3.63, 3.8) is 0 Å². The third-order valence-corrected chi connectivity index (χ3v) is 8.15. The fourth-order valence-electron chi connectivity index (χ4n) is 5.03. The zero-order valence-electron chi connectivity index (χ0n) is 18.6. The number of thiazole rings is 1. The molecule has 33 heavy (non-hydrogen) atoms. The van der Waals surface area contributed by atoms with Crippen molar-refractivity contribution in [2.75, 3.05) is 20.1 Å². The Morgan fingerprint density at radius 1 is 1.00 bits per heavy atom. The van der Waals surface area contributed by atoms with Gasteiger partial charge < -0.3 is 4.90 Å². The van der Waals surface area contributed by atoms with E-state index in [0.717, 1.165) is 66.0 Å². The summed E-state index contributed by atoms with van der Waals surface area (Å²) in [7, 11) is 2.12. The van der Waals surface area contributed by atoms with Gasteiger partial charge in [0.15, 0.2) is 0 Å². The predicted octanol–water partition coefficient (Wildman–Crippen LogP) is 6.75. The van der Waals surface area contributed by atoms with Crippen molar-refractivity contribution < 1.29 is 13.2 Å². The lowest BCUT2D eigenvalue weighted by Gasteiger charge is -2.27. The zero-order valence-corrected chi connectivity index (χ0v) is 19.4. The first kappa shape index (κ1) is 22.5. The molecule has 2 fully saturated rings. The van der Waals surface area contributed by atoms with Crippen LogP contribution in [0.4, 0.5) is 13.2 Å². The Labute approximate surface area is 195 Å². The van der Waals surface area contributed by atoms with Gasteiger partial charge in [0.05, 0.1) is 26.8 Å². The Hall–Kier alpha value is -2.32. The summed E-state index contributed by atoms with van der Waals surface area (Å²) in [5.41, 5.74) is 2.38. The van der Waals surface area contributed by atoms with Gasteiger partial charge in [-0.1, -0.05) is 25.0 Å². The summed E-state index contributed by atoms with van der Waals surface area (Å²) >= 11 is 1.60. The molecule has 1 aliphatic carbocycles. The smallest absolute Gasteiger partial charge is 0.306 e. The summed E-state index contributed by atoms with van der Waals surface area (Å²) in [5, 5.41) is 1.00. The summed E-state index contributed by atoms with van der Waals surface area (Å²) < 4.78 is 40.4. The van der Waals surface area contributed by atoms with E-state index in [-0.39, 0.29) is 0 Å². The van der Waals surface area contributed by atoms with E-state index in [9.17, 15) is 13.2 Å². The van der Waals surface area contributed by atoms with Crippen LogP contribution < -0.4 is 0 Å². The van der Waals surface area contributed by atoms with E-state index in [1.54, 1.807) is 23.7 Å². The molecule has 0 bridgehead atoms. The van der Waals surface area contributed by atoms with E-state index in [0.29, 0.717) is 23.1 Å². The third kappa shape index (κ3) is 4.68. The molecule has 0 N–H and O–H groups in total. The quantitative estimate of drug-likeness (QED) is 0.421. The summed E-state index contributed by atoms with van der Waals surface area (Å²) in [6.45, 7) is 2.00. The molecular weight excluding hydrogens is 445 g/mol. The lowest BCUT2D eigenvalue weighted by Crippen LogP contribution is -2.29. The minimum Gasteiger partial charge on any atom is -0.306 e. The van der Waals surface area contributed by atoms with E-state index in [1.165, 1.54) is 25.0 Å². The molecule has 1 saturated heterocycles. The first-order valence-corrected chi connectivity index (χ1v) is 12.4. The molecular formula is C25H27F3N4S. The van der Waals surface area contributed by atoms with Crippen LogP contribution >= 0.6 is 11.3 Å². The maximum atomic E-state index is 13.5. The molecule has 0 atom stereocenters. The van der Waals surface area contributed by atoms with E-state index in [1.807, 2.05) is 6.20 Å². The first-order valence-electron chi connectivity index (χ1n) is 11.6. The van der Waals surface area contributed by atoms with Gasteiger partial charge in [-0.3, -0.25) is 0 Å². The van der Waals surface area contributed by atoms with Crippen LogP contribution in [-0.4, -0.2) is 40.0 Å². The molecule has 3 aromatic rings. The van der Waals surface area contributed by atoms with Crippen molar-refractivity contribution in [1.82, 2.24) is 19.9 Å². The molecule has 3 heterocycles. The Bertz CT molecular complexity index is 1110. The largest absolute Gasteiger partial charge is 0.416 e. The van der Waals surface area contributed by atoms with Crippen LogP contribution in [0.2, 0.25) is 0 Å². The second-order valence-electron chi connectivity index (χ2n) is 9.19. The highest BCUT2D eigenvalue weighted by atomic mass is 32.1. The highest BCUT2D eigenvalue weighted by molar-refractivity contribution is 7.15. The van der Waals surface area contributed by atoms with Crippen LogP contribution in [0.25, 0.3) is 21.8 Å². The molecule has 174 valence electrons. The van der Waals surface area contributed by atoms with Crippen molar-refractivity contribution in [3.8, 4) is 21.8 Å². The number of rotatable bonds is 4. The second-order valence-corrected chi connectivity index (χ2v) is 10.2. The number of hydrogen-bond acceptors (Lipinski definition) is 5. The molecule has 2 aliphatic rings. The Morgan fingerprint density at radius 2 is 1.76 bits per heavy atom. The minimum atomic E-state index is -4.40. The number of alkyl halides is 3. The summed E-state index contributed by atoms with van der Waals surface area (Å²) in [6.07, 6.45) is 5.61. The fourth-order valence-corrected chi connectivity index (χ4v) is 6.31. The van der Waals surface area contributed by atoms with Gasteiger partial charge in [0.25, 0.3) is 0 Å². The number of aromatic nitrogens is 3. The number of halogens is 3. The van der Waals surface area contributed by atoms with Crippen molar-refractivity contribution >= 4 is 11.3 Å². The van der Waals surface area contributed by atoms with Gasteiger partial charge in [0.2, 0.25) is 0 Å². The monoisotopic (exact) mass is 472 g/mol. The topological polar surface area (TPSA) is 41.9 Å². The molecule has 0 unspecified atom stereocenters. The zero-order chi connectivity index (χ0) is 23.0. The van der Waals surface area contributed by atoms with Gasteiger partial charge in [0, 0.05) is 23.2 Å². The molecule has 1 saturated carbocycles. The average molecular weight is 473 g/mol. The van der Waals surface area contributed by atoms with Gasteiger partial charge >= 0.3 is 6.18 Å². The van der Waals surface area contributed by atoms with Crippen LogP contribution in [0.15, 0.2) is 36.8 Å². The third-order valence-electron chi connectivity index (χ3n) is 6.93. The molecule has 5 rings (SSSR count). The number of piperidine rings is 1. The van der Waals surface area contributed by atoms with Gasteiger partial charge in [-0.2, -0.15) is 13.2 Å². The number of likely N-dealkylation sites (tertiary alicyclic amines) is 1. The number of hydrogen-bond donors (Lipinski definition) is 0. The van der Waals surface area contributed by atoms with Crippen molar-refractivity contribution in [2.45, 2.75) is 56.5 Å². The molecule has 2 aromatic heterocycles. The van der Waals surface area contributed by atoms with Crippen molar-refractivity contribution in [3.05, 3.63) is 52.9 Å². The molecule has 1 aromatic carbocycles. The molecule has 1 aliphatic heterocycles. The fraction of sp³-hybridized carbons (Fsp3) is 0.480. The van der Waals surface area contributed by atoms with Crippen LogP contribution in [-0.2, 0) is 6.18 Å². The Kier molecular flexibility index (Phi) is 6.22. The van der Waals surface area contributed by atoms with Gasteiger partial charge in [0.1, 0.15) is 6.33 Å². The van der Waals surface area contributed by atoms with E-state index < -0.39 is 11.7 Å². The minimum absolute atomic E-state index is 0.321. The first-order chi connectivity index (χ1) is 15.9. The van der Waals surface area contributed by atoms with Crippen molar-refractivity contribution in [1.29, 1.82) is 0 Å². The normalized spacial score (nSPS) is 18.8. The van der Waals surface area contributed by atoms with Crippen LogP contribution in [0.5, 0.6) is 0 Å². The summed E-state index contributed by atoms with van der Waals surface area (Å²) in [5.74, 6) is 0.714. The molecule has 0 spiro atoms. The Morgan fingerprint density at radius 3 is 2.48 bits per heavy atom. The van der Waals surface area contributed by atoms with Crippen LogP contribution in [0.3, 0.4) is 0 Å². The molecule has 0 radical (unpaired) electrons. The summed E-state index contributed by atoms with van der Waals surface area (Å²) in [6, 6.07) is 5.52. The number of benzene rings is 1. The second kappa shape index (κ2) is 9.14. The summed E-state index contributed by atoms with van der Waals surface area (Å²) in [4.78, 5) is 17.1. The molecule has 8 heteroatoms. The van der Waals surface area contributed by atoms with E-state index in [2.05, 4.69) is 21.9 Å². The standard InChI is InChI=1S/C25H27F3N4S/c1-32-11-9-17(10-12-32)24-31-21(18-7-4-8-19(13-18)25(26,27)28)23(33-24)22-20(14-29-15-30-22)16-5-2-3-6-16/h4,7-8,13-17H,2-3,5-6,9-12H2,1H3. The van der Waals surface area contributed by atoms with E-state index in [4.69, 9.17) is 4.98 Å². The predicted molar refractivity (Wildman–Crippen MR) is 124 cm³/mol. The highest BCUT2D eigenvalue weighted by Crippen LogP contribution is 2.45. The Balaban J connectivity index is 1.63. The SMILES string of the molecule is CN1CCC(c2nc(-c3cccc(C(F)(F)F)c3)c(-c3ncncc3C3CCCC3)s2)CC1. The lowest BCUT2D eigenvalue weighted by molar-refractivity contribution is -0.137. The van der Waals surface area contributed by atoms with Crippen molar-refractivity contribution in [2.24, 2.45) is 0 Å². The maximum absolute atomic E-state index is 13.5. The van der Waals surface area contributed by atoms with Gasteiger partial charge in [-0.15, -0.1) is 11.3 Å². The van der Waals surface area contributed by atoms with Gasteiger partial charge in [-0.25, -0.2) is 15.0 Å². The lowest BCUT2D eigenvalue weighted by atomic mass is 9.95.